The minimum atomic E-state index is -2.27. The van der Waals surface area contributed by atoms with Crippen molar-refractivity contribution in [2.24, 2.45) is 0 Å². The summed E-state index contributed by atoms with van der Waals surface area (Å²) in [4.78, 5) is 4.98. The maximum absolute atomic E-state index is 4.98. The van der Waals surface area contributed by atoms with Gasteiger partial charge in [0.15, 0.2) is 0 Å². The second-order valence-corrected chi connectivity index (χ2v) is 22.6. The van der Waals surface area contributed by atoms with Crippen molar-refractivity contribution in [1.82, 2.24) is 4.98 Å². The fourth-order valence-corrected chi connectivity index (χ4v) is 20.3. The molecule has 1 rings (SSSR count). The molecule has 0 atom stereocenters. The second kappa shape index (κ2) is 17.6. The molecule has 0 fully saturated rings. The van der Waals surface area contributed by atoms with Gasteiger partial charge in [0.25, 0.3) is 0 Å². The molecule has 0 aliphatic heterocycles. The zero-order valence-corrected chi connectivity index (χ0v) is 23.3. The van der Waals surface area contributed by atoms with E-state index in [9.17, 15) is 0 Å². The summed E-state index contributed by atoms with van der Waals surface area (Å²) in [6.07, 6.45) is 23.0. The van der Waals surface area contributed by atoms with E-state index in [1.807, 2.05) is 0 Å². The Bertz CT molecular complexity index is 460. The van der Waals surface area contributed by atoms with Gasteiger partial charge in [-0.05, 0) is 0 Å². The van der Waals surface area contributed by atoms with Gasteiger partial charge in [-0.2, -0.15) is 0 Å². The van der Waals surface area contributed by atoms with Crippen molar-refractivity contribution < 1.29 is 0 Å². The quantitative estimate of drug-likeness (QED) is 0.134. The SMILES string of the molecule is CCCCCCCCCCc1cc[c]([Sn]([CH2]CCC)([CH2]CCC)[CH2]CCC)cn1. The van der Waals surface area contributed by atoms with Gasteiger partial charge in [-0.15, -0.1) is 0 Å². The molecule has 1 aromatic rings. The normalized spacial score (nSPS) is 11.9. The molecule has 0 aromatic carbocycles. The molecular formula is C27H51NSn. The average Bonchev–Trinajstić information content (AvgIpc) is 2.76. The van der Waals surface area contributed by atoms with E-state index in [2.05, 4.69) is 46.0 Å². The van der Waals surface area contributed by atoms with E-state index in [0.29, 0.717) is 0 Å². The number of aromatic nitrogens is 1. The summed E-state index contributed by atoms with van der Waals surface area (Å²) in [6.45, 7) is 9.38. The monoisotopic (exact) mass is 509 g/mol. The van der Waals surface area contributed by atoms with Crippen LogP contribution in [0.2, 0.25) is 13.3 Å². The van der Waals surface area contributed by atoms with Gasteiger partial charge in [0.2, 0.25) is 0 Å². The summed E-state index contributed by atoms with van der Waals surface area (Å²) >= 11 is -2.27. The Labute approximate surface area is 187 Å². The van der Waals surface area contributed by atoms with E-state index in [1.165, 1.54) is 102 Å². The Hall–Kier alpha value is -0.0513. The Morgan fingerprint density at radius 2 is 1.07 bits per heavy atom. The molecule has 1 nitrogen and oxygen atoms in total. The second-order valence-electron chi connectivity index (χ2n) is 9.35. The standard InChI is InChI=1S/C15H24N.3C4H9.Sn/c1-2-3-4-5-6-7-8-9-12-15-13-10-11-14-16-15;3*1-3-4-2;/h10,13-14H,2-9,12H2,1H3;3*1,3-4H2,2H3;. The molecule has 29 heavy (non-hydrogen) atoms. The molecule has 1 heterocycles. The first-order valence-corrected chi connectivity index (χ1v) is 20.7. The van der Waals surface area contributed by atoms with Crippen LogP contribution >= 0.6 is 0 Å². The van der Waals surface area contributed by atoms with E-state index in [1.54, 1.807) is 16.9 Å². The number of hydrogen-bond donors (Lipinski definition) is 0. The van der Waals surface area contributed by atoms with Crippen LogP contribution in [0.15, 0.2) is 18.3 Å². The van der Waals surface area contributed by atoms with Crippen LogP contribution < -0.4 is 3.58 Å². The van der Waals surface area contributed by atoms with Gasteiger partial charge >= 0.3 is 175 Å². The maximum atomic E-state index is 4.98. The van der Waals surface area contributed by atoms with Gasteiger partial charge in [0, 0.05) is 0 Å². The number of hydrogen-bond acceptors (Lipinski definition) is 1. The van der Waals surface area contributed by atoms with E-state index in [4.69, 9.17) is 4.98 Å². The van der Waals surface area contributed by atoms with Crippen molar-refractivity contribution in [1.29, 1.82) is 0 Å². The third kappa shape index (κ3) is 11.2. The molecule has 2 heteroatoms. The number of pyridine rings is 1. The van der Waals surface area contributed by atoms with Crippen LogP contribution in [0.25, 0.3) is 0 Å². The zero-order valence-electron chi connectivity index (χ0n) is 20.4. The summed E-state index contributed by atoms with van der Waals surface area (Å²) in [5.74, 6) is 0. The molecule has 0 aliphatic rings. The van der Waals surface area contributed by atoms with Crippen molar-refractivity contribution in [3.8, 4) is 0 Å². The van der Waals surface area contributed by atoms with Crippen LogP contribution in [0.4, 0.5) is 0 Å². The van der Waals surface area contributed by atoms with E-state index in [-0.39, 0.29) is 0 Å². The summed E-state index contributed by atoms with van der Waals surface area (Å²) in [7, 11) is 0. The molecule has 0 aliphatic carbocycles. The molecule has 0 saturated heterocycles. The predicted octanol–water partition coefficient (Wildman–Crippen LogP) is 8.82. The van der Waals surface area contributed by atoms with Gasteiger partial charge < -0.3 is 0 Å². The molecule has 168 valence electrons. The first-order valence-electron chi connectivity index (χ1n) is 13.2. The van der Waals surface area contributed by atoms with Crippen molar-refractivity contribution >= 4 is 22.0 Å². The Morgan fingerprint density at radius 3 is 1.52 bits per heavy atom. The predicted molar refractivity (Wildman–Crippen MR) is 135 cm³/mol. The van der Waals surface area contributed by atoms with Gasteiger partial charge in [-0.25, -0.2) is 0 Å². The van der Waals surface area contributed by atoms with E-state index in [0.717, 1.165) is 0 Å². The molecule has 0 radical (unpaired) electrons. The van der Waals surface area contributed by atoms with Crippen molar-refractivity contribution in [3.05, 3.63) is 24.0 Å². The zero-order chi connectivity index (χ0) is 21.2. The minimum absolute atomic E-state index is 1.18. The summed E-state index contributed by atoms with van der Waals surface area (Å²) in [5.41, 5.74) is 1.33. The topological polar surface area (TPSA) is 12.9 Å². The van der Waals surface area contributed by atoms with Crippen LogP contribution in [-0.4, -0.2) is 23.4 Å². The summed E-state index contributed by atoms with van der Waals surface area (Å²) in [6, 6.07) is 4.93. The Kier molecular flexibility index (Phi) is 16.4. The Balaban J connectivity index is 2.60. The number of nitrogens with zero attached hydrogens (tertiary/aromatic N) is 1. The van der Waals surface area contributed by atoms with Gasteiger partial charge in [0.05, 0.1) is 0 Å². The average molecular weight is 508 g/mol. The summed E-state index contributed by atoms with van der Waals surface area (Å²) in [5, 5.41) is 0. The fraction of sp³-hybridized carbons (Fsp3) is 0.815. The van der Waals surface area contributed by atoms with Gasteiger partial charge in [-0.3, -0.25) is 0 Å². The molecule has 0 unspecified atom stereocenters. The first-order chi connectivity index (χ1) is 14.2. The number of rotatable bonds is 19. The first kappa shape index (κ1) is 27.0. The third-order valence-electron chi connectivity index (χ3n) is 6.75. The van der Waals surface area contributed by atoms with Crippen molar-refractivity contribution in [2.45, 2.75) is 137 Å². The molecular weight excluding hydrogens is 457 g/mol. The van der Waals surface area contributed by atoms with Crippen LogP contribution in [0.5, 0.6) is 0 Å². The molecule has 0 amide bonds. The molecule has 0 spiro atoms. The molecule has 0 N–H and O–H groups in total. The van der Waals surface area contributed by atoms with Crippen LogP contribution in [0, 0.1) is 0 Å². The molecule has 0 saturated carbocycles. The van der Waals surface area contributed by atoms with Crippen LogP contribution in [-0.2, 0) is 6.42 Å². The van der Waals surface area contributed by atoms with Crippen molar-refractivity contribution in [3.63, 3.8) is 0 Å². The van der Waals surface area contributed by atoms with Gasteiger partial charge in [-0.1, -0.05) is 13.3 Å². The summed E-state index contributed by atoms with van der Waals surface area (Å²) < 4.78 is 6.37. The molecule has 1 aromatic heterocycles. The number of aryl methyl sites for hydroxylation is 1. The van der Waals surface area contributed by atoms with Crippen molar-refractivity contribution in [2.75, 3.05) is 0 Å². The fourth-order valence-electron chi connectivity index (χ4n) is 4.68. The number of unbranched alkanes of at least 4 members (excludes halogenated alkanes) is 10. The van der Waals surface area contributed by atoms with Crippen LogP contribution in [0.3, 0.4) is 0 Å². The van der Waals surface area contributed by atoms with Crippen LogP contribution in [0.1, 0.15) is 123 Å². The third-order valence-corrected chi connectivity index (χ3v) is 22.3. The van der Waals surface area contributed by atoms with E-state index >= 15 is 0 Å². The Morgan fingerprint density at radius 1 is 0.586 bits per heavy atom. The van der Waals surface area contributed by atoms with Gasteiger partial charge in [0.1, 0.15) is 0 Å². The van der Waals surface area contributed by atoms with E-state index < -0.39 is 18.4 Å². The molecule has 0 bridgehead atoms.